The average molecular weight is 481 g/mol. The summed E-state index contributed by atoms with van der Waals surface area (Å²) in [6.45, 7) is 0.640. The third-order valence-corrected chi connectivity index (χ3v) is 6.19. The topological polar surface area (TPSA) is 95.3 Å². The van der Waals surface area contributed by atoms with E-state index in [1.807, 2.05) is 37.4 Å². The van der Waals surface area contributed by atoms with E-state index in [4.69, 9.17) is 22.1 Å². The van der Waals surface area contributed by atoms with Crippen LogP contribution in [-0.4, -0.2) is 31.7 Å². The number of primary amides is 1. The van der Waals surface area contributed by atoms with Crippen molar-refractivity contribution in [3.63, 3.8) is 0 Å². The highest BCUT2D eigenvalue weighted by Gasteiger charge is 2.13. The lowest BCUT2D eigenvalue weighted by Crippen LogP contribution is -2.11. The third kappa shape index (κ3) is 5.79. The number of hydrogen-bond donors (Lipinski definition) is 2. The van der Waals surface area contributed by atoms with Crippen LogP contribution in [-0.2, 0) is 19.9 Å². The number of nitrogens with zero attached hydrogens (tertiary/aromatic N) is 3. The number of aliphatic hydroxyl groups is 1. The van der Waals surface area contributed by atoms with Crippen molar-refractivity contribution in [1.29, 1.82) is 0 Å². The first-order valence-electron chi connectivity index (χ1n) is 11.4. The second-order valence-electron chi connectivity index (χ2n) is 8.47. The molecular formula is C26H29ClN4O3. The van der Waals surface area contributed by atoms with Gasteiger partial charge in [-0.3, -0.25) is 4.79 Å². The van der Waals surface area contributed by atoms with Crippen LogP contribution in [0.5, 0.6) is 5.75 Å². The molecule has 8 heteroatoms. The van der Waals surface area contributed by atoms with Crippen LogP contribution >= 0.6 is 11.6 Å². The van der Waals surface area contributed by atoms with Crippen LogP contribution < -0.4 is 10.5 Å². The largest absolute Gasteiger partial charge is 0.494 e. The fourth-order valence-corrected chi connectivity index (χ4v) is 4.24. The Labute approximate surface area is 203 Å². The van der Waals surface area contributed by atoms with Gasteiger partial charge in [0.25, 0.3) is 5.91 Å². The van der Waals surface area contributed by atoms with Crippen LogP contribution in [0.2, 0.25) is 5.02 Å². The molecule has 1 amide bonds. The van der Waals surface area contributed by atoms with Gasteiger partial charge < -0.3 is 24.7 Å². The van der Waals surface area contributed by atoms with Gasteiger partial charge in [0, 0.05) is 35.4 Å². The van der Waals surface area contributed by atoms with E-state index in [2.05, 4.69) is 27.9 Å². The number of nitrogens with two attached hydrogens (primary N) is 1. The normalized spacial score (nSPS) is 12.2. The Bertz CT molecular complexity index is 1260. The summed E-state index contributed by atoms with van der Waals surface area (Å²) >= 11 is 5.94. The molecule has 2 aromatic carbocycles. The van der Waals surface area contributed by atoms with Crippen molar-refractivity contribution in [3.05, 3.63) is 83.0 Å². The summed E-state index contributed by atoms with van der Waals surface area (Å²) < 4.78 is 9.65. The number of aryl methyl sites for hydroxylation is 3. The summed E-state index contributed by atoms with van der Waals surface area (Å²) in [5.41, 5.74) is 8.97. The molecule has 0 aliphatic rings. The monoisotopic (exact) mass is 480 g/mol. The molecule has 0 spiro atoms. The first kappa shape index (κ1) is 23.9. The molecule has 0 radical (unpaired) electrons. The van der Waals surface area contributed by atoms with E-state index in [1.165, 1.54) is 28.2 Å². The molecule has 2 aromatic heterocycles. The summed E-state index contributed by atoms with van der Waals surface area (Å²) in [5, 5.41) is 12.3. The molecule has 0 aliphatic heterocycles. The number of aromatic nitrogens is 3. The number of imidazole rings is 1. The Hall–Kier alpha value is -3.29. The molecule has 4 rings (SSSR count). The summed E-state index contributed by atoms with van der Waals surface area (Å²) in [5.74, 6) is 0.248. The zero-order valence-electron chi connectivity index (χ0n) is 19.2. The van der Waals surface area contributed by atoms with Crippen LogP contribution in [0.15, 0.2) is 61.2 Å². The number of halogens is 1. The minimum Gasteiger partial charge on any atom is -0.494 e. The van der Waals surface area contributed by atoms with Gasteiger partial charge in [0.1, 0.15) is 17.7 Å². The van der Waals surface area contributed by atoms with Gasteiger partial charge in [0.15, 0.2) is 0 Å². The van der Waals surface area contributed by atoms with Crippen molar-refractivity contribution in [1.82, 2.24) is 14.1 Å². The molecule has 0 saturated heterocycles. The van der Waals surface area contributed by atoms with Crippen LogP contribution in [0.3, 0.4) is 0 Å². The number of carbonyl (C=O) groups excluding carboxylic acids is 1. The number of carbonyl (C=O) groups is 1. The number of aliphatic hydroxyl groups excluding tert-OH is 1. The maximum atomic E-state index is 11.2. The molecule has 1 atom stereocenters. The second-order valence-corrected chi connectivity index (χ2v) is 8.90. The highest BCUT2D eigenvalue weighted by atomic mass is 35.5. The molecular weight excluding hydrogens is 452 g/mol. The molecule has 0 aliphatic carbocycles. The van der Waals surface area contributed by atoms with Gasteiger partial charge in [0.2, 0.25) is 0 Å². The van der Waals surface area contributed by atoms with E-state index >= 15 is 0 Å². The highest BCUT2D eigenvalue weighted by Crippen LogP contribution is 2.27. The fourth-order valence-electron chi connectivity index (χ4n) is 4.11. The van der Waals surface area contributed by atoms with Crippen LogP contribution in [0.25, 0.3) is 10.9 Å². The molecule has 7 nitrogen and oxygen atoms in total. The number of hydrogen-bond acceptors (Lipinski definition) is 4. The number of ether oxygens (including phenoxy) is 1. The van der Waals surface area contributed by atoms with Gasteiger partial charge in [0.05, 0.1) is 12.9 Å². The SMILES string of the molecule is Cn1cc(CCCC(O)n2cnc(C(N)=O)c2)c2cc(OCCCc3ccc(Cl)cc3)ccc21. The van der Waals surface area contributed by atoms with Gasteiger partial charge >= 0.3 is 0 Å². The van der Waals surface area contributed by atoms with Gasteiger partial charge in [-0.05, 0) is 73.6 Å². The summed E-state index contributed by atoms with van der Waals surface area (Å²) in [6, 6.07) is 14.1. The van der Waals surface area contributed by atoms with E-state index in [1.54, 1.807) is 0 Å². The van der Waals surface area contributed by atoms with Gasteiger partial charge in [-0.1, -0.05) is 23.7 Å². The molecule has 0 fully saturated rings. The second kappa shape index (κ2) is 10.8. The summed E-state index contributed by atoms with van der Waals surface area (Å²) in [4.78, 5) is 15.1. The minimum atomic E-state index is -0.755. The Morgan fingerprint density at radius 2 is 1.94 bits per heavy atom. The molecule has 34 heavy (non-hydrogen) atoms. The molecule has 0 bridgehead atoms. The minimum absolute atomic E-state index is 0.147. The molecule has 2 heterocycles. The lowest BCUT2D eigenvalue weighted by atomic mass is 10.1. The summed E-state index contributed by atoms with van der Waals surface area (Å²) in [6.07, 6.45) is 8.26. The zero-order chi connectivity index (χ0) is 24.1. The predicted octanol–water partition coefficient (Wildman–Crippen LogP) is 4.65. The Morgan fingerprint density at radius 1 is 1.15 bits per heavy atom. The first-order chi connectivity index (χ1) is 16.4. The molecule has 178 valence electrons. The van der Waals surface area contributed by atoms with Crippen molar-refractivity contribution in [2.75, 3.05) is 6.61 Å². The van der Waals surface area contributed by atoms with Crippen molar-refractivity contribution < 1.29 is 14.6 Å². The number of fused-ring (bicyclic) bond motifs is 1. The average Bonchev–Trinajstić information content (AvgIpc) is 3.44. The summed E-state index contributed by atoms with van der Waals surface area (Å²) in [7, 11) is 2.03. The van der Waals surface area contributed by atoms with Crippen molar-refractivity contribution in [2.24, 2.45) is 12.8 Å². The number of amides is 1. The number of benzene rings is 2. The third-order valence-electron chi connectivity index (χ3n) is 5.94. The Morgan fingerprint density at radius 3 is 2.68 bits per heavy atom. The smallest absolute Gasteiger partial charge is 0.268 e. The first-order valence-corrected chi connectivity index (χ1v) is 11.7. The van der Waals surface area contributed by atoms with Gasteiger partial charge in [-0.2, -0.15) is 0 Å². The Kier molecular flexibility index (Phi) is 7.55. The number of rotatable bonds is 11. The van der Waals surface area contributed by atoms with Crippen molar-refractivity contribution >= 4 is 28.4 Å². The standard InChI is InChI=1S/C26H29ClN4O3/c1-30-15-19(5-2-6-25(32)31-16-23(26(28)33)29-17-31)22-14-21(11-12-24(22)30)34-13-3-4-18-7-9-20(27)10-8-18/h7-12,14-17,25,32H,2-6,13H2,1H3,(H2,28,33). The van der Waals surface area contributed by atoms with E-state index in [0.29, 0.717) is 13.0 Å². The van der Waals surface area contributed by atoms with Crippen molar-refractivity contribution in [3.8, 4) is 5.75 Å². The van der Waals surface area contributed by atoms with E-state index in [9.17, 15) is 9.90 Å². The van der Waals surface area contributed by atoms with Gasteiger partial charge in [-0.15, -0.1) is 0 Å². The maximum Gasteiger partial charge on any atom is 0.268 e. The van der Waals surface area contributed by atoms with Crippen LogP contribution in [0, 0.1) is 0 Å². The van der Waals surface area contributed by atoms with Crippen molar-refractivity contribution in [2.45, 2.75) is 38.3 Å². The van der Waals surface area contributed by atoms with E-state index in [-0.39, 0.29) is 5.69 Å². The van der Waals surface area contributed by atoms with E-state index < -0.39 is 12.1 Å². The van der Waals surface area contributed by atoms with Crippen LogP contribution in [0.1, 0.15) is 47.1 Å². The quantitative estimate of drug-likeness (QED) is 0.305. The van der Waals surface area contributed by atoms with Crippen LogP contribution in [0.4, 0.5) is 0 Å². The predicted molar refractivity (Wildman–Crippen MR) is 133 cm³/mol. The lowest BCUT2D eigenvalue weighted by molar-refractivity contribution is 0.0918. The molecule has 4 aromatic rings. The van der Waals surface area contributed by atoms with E-state index in [0.717, 1.165) is 47.4 Å². The Balaban J connectivity index is 1.32. The zero-order valence-corrected chi connectivity index (χ0v) is 19.9. The molecule has 1 unspecified atom stereocenters. The molecule has 0 saturated carbocycles. The highest BCUT2D eigenvalue weighted by molar-refractivity contribution is 6.30. The molecule has 3 N–H and O–H groups in total. The maximum absolute atomic E-state index is 11.2. The fraction of sp³-hybridized carbons (Fsp3) is 0.308. The van der Waals surface area contributed by atoms with Gasteiger partial charge in [-0.25, -0.2) is 4.98 Å². The lowest BCUT2D eigenvalue weighted by Gasteiger charge is -2.11.